The molecule has 1 nitrogen and oxygen atoms in total. The summed E-state index contributed by atoms with van der Waals surface area (Å²) in [4.78, 5) is 0. The van der Waals surface area contributed by atoms with Crippen molar-refractivity contribution in [3.05, 3.63) is 0 Å². The summed E-state index contributed by atoms with van der Waals surface area (Å²) < 4.78 is 0. The molecule has 0 fully saturated rings. The van der Waals surface area contributed by atoms with Gasteiger partial charge in [-0.15, -0.1) is 0 Å². The van der Waals surface area contributed by atoms with Gasteiger partial charge >= 0.3 is 0 Å². The van der Waals surface area contributed by atoms with Crippen LogP contribution < -0.4 is 0 Å². The van der Waals surface area contributed by atoms with Crippen LogP contribution >= 0.6 is 15.9 Å². The molecule has 110 valence electrons. The van der Waals surface area contributed by atoms with Crippen LogP contribution in [0.5, 0.6) is 0 Å². The average molecular weight is 321 g/mol. The van der Waals surface area contributed by atoms with Crippen LogP contribution in [-0.2, 0) is 0 Å². The van der Waals surface area contributed by atoms with Gasteiger partial charge in [-0.3, -0.25) is 0 Å². The molecule has 1 atom stereocenters. The lowest BCUT2D eigenvalue weighted by Gasteiger charge is -2.06. The number of aliphatic hydroxyl groups is 1. The summed E-state index contributed by atoms with van der Waals surface area (Å²) in [5, 5.41) is 9.81. The summed E-state index contributed by atoms with van der Waals surface area (Å²) in [5.74, 6) is 0.851. The first-order chi connectivity index (χ1) is 8.81. The van der Waals surface area contributed by atoms with Gasteiger partial charge in [0.1, 0.15) is 0 Å². The molecular weight excluding hydrogens is 288 g/mol. The molecule has 0 aliphatic heterocycles. The second-order valence-electron chi connectivity index (χ2n) is 5.66. The Morgan fingerprint density at radius 1 is 0.722 bits per heavy atom. The highest BCUT2D eigenvalue weighted by atomic mass is 79.9. The lowest BCUT2D eigenvalue weighted by atomic mass is 10.0. The zero-order chi connectivity index (χ0) is 13.5. The second-order valence-corrected chi connectivity index (χ2v) is 6.31. The lowest BCUT2D eigenvalue weighted by molar-refractivity contribution is 0.282. The van der Waals surface area contributed by atoms with Gasteiger partial charge in [0.15, 0.2) is 0 Å². The maximum absolute atomic E-state index is 8.66. The molecule has 0 bridgehead atoms. The summed E-state index contributed by atoms with van der Waals surface area (Å²) in [6.45, 7) is 2.69. The monoisotopic (exact) mass is 320 g/mol. The molecule has 0 aromatic carbocycles. The molecule has 18 heavy (non-hydrogen) atoms. The maximum atomic E-state index is 8.66. The summed E-state index contributed by atoms with van der Waals surface area (Å²) in [5.41, 5.74) is 0. The van der Waals surface area contributed by atoms with Crippen molar-refractivity contribution in [2.24, 2.45) is 5.92 Å². The van der Waals surface area contributed by atoms with Gasteiger partial charge in [-0.2, -0.15) is 0 Å². The van der Waals surface area contributed by atoms with Crippen LogP contribution in [-0.4, -0.2) is 17.0 Å². The molecule has 1 N–H and O–H groups in total. The standard InChI is InChI=1S/C16H33BrO/c1-16(15-17)13-11-9-7-5-3-2-4-6-8-10-12-14-18/h16,18H,2-15H2,1H3. The Hall–Kier alpha value is 0.440. The van der Waals surface area contributed by atoms with Crippen LogP contribution in [0.2, 0.25) is 0 Å². The Bertz CT molecular complexity index is 150. The molecule has 0 amide bonds. The van der Waals surface area contributed by atoms with Crippen molar-refractivity contribution >= 4 is 15.9 Å². The summed E-state index contributed by atoms with van der Waals surface area (Å²) in [7, 11) is 0. The van der Waals surface area contributed by atoms with Crippen molar-refractivity contribution in [1.29, 1.82) is 0 Å². The molecule has 0 saturated heterocycles. The fourth-order valence-corrected chi connectivity index (χ4v) is 2.60. The Balaban J connectivity index is 2.94. The number of halogens is 1. The highest BCUT2D eigenvalue weighted by Gasteiger charge is 1.98. The number of unbranched alkanes of at least 4 members (excludes halogenated alkanes) is 10. The van der Waals surface area contributed by atoms with Crippen LogP contribution in [0.3, 0.4) is 0 Å². The van der Waals surface area contributed by atoms with Crippen LogP contribution in [0.15, 0.2) is 0 Å². The molecule has 0 rings (SSSR count). The highest BCUT2D eigenvalue weighted by molar-refractivity contribution is 9.09. The Morgan fingerprint density at radius 2 is 1.11 bits per heavy atom. The van der Waals surface area contributed by atoms with E-state index in [1.54, 1.807) is 0 Å². The Morgan fingerprint density at radius 3 is 1.50 bits per heavy atom. The molecular formula is C16H33BrO. The smallest absolute Gasteiger partial charge is 0.0431 e. The van der Waals surface area contributed by atoms with E-state index in [9.17, 15) is 0 Å². The largest absolute Gasteiger partial charge is 0.396 e. The first-order valence-corrected chi connectivity index (χ1v) is 9.10. The van der Waals surface area contributed by atoms with Gasteiger partial charge in [0.25, 0.3) is 0 Å². The minimum atomic E-state index is 0.369. The van der Waals surface area contributed by atoms with Crippen molar-refractivity contribution in [3.63, 3.8) is 0 Å². The van der Waals surface area contributed by atoms with E-state index in [4.69, 9.17) is 5.11 Å². The summed E-state index contributed by atoms with van der Waals surface area (Å²) in [6.07, 6.45) is 16.2. The number of alkyl halides is 1. The predicted molar refractivity (Wildman–Crippen MR) is 85.4 cm³/mol. The van der Waals surface area contributed by atoms with Crippen molar-refractivity contribution < 1.29 is 5.11 Å². The zero-order valence-corrected chi connectivity index (χ0v) is 13.9. The quantitative estimate of drug-likeness (QED) is 0.322. The van der Waals surface area contributed by atoms with Crippen LogP contribution in [0.1, 0.15) is 84.0 Å². The topological polar surface area (TPSA) is 20.2 Å². The first-order valence-electron chi connectivity index (χ1n) is 7.98. The lowest BCUT2D eigenvalue weighted by Crippen LogP contribution is -1.94. The predicted octanol–water partition coefficient (Wildman–Crippen LogP) is 5.69. The van der Waals surface area contributed by atoms with E-state index >= 15 is 0 Å². The first kappa shape index (κ1) is 18.4. The maximum Gasteiger partial charge on any atom is 0.0431 e. The molecule has 0 heterocycles. The zero-order valence-electron chi connectivity index (χ0n) is 12.3. The van der Waals surface area contributed by atoms with E-state index < -0.39 is 0 Å². The van der Waals surface area contributed by atoms with Gasteiger partial charge in [-0.05, 0) is 18.8 Å². The van der Waals surface area contributed by atoms with Gasteiger partial charge in [-0.25, -0.2) is 0 Å². The number of aliphatic hydroxyl groups excluding tert-OH is 1. The SMILES string of the molecule is CC(CBr)CCCCCCCCCCCCCO. The van der Waals surface area contributed by atoms with E-state index in [-0.39, 0.29) is 0 Å². The fourth-order valence-electron chi connectivity index (χ4n) is 2.27. The van der Waals surface area contributed by atoms with Crippen molar-refractivity contribution in [3.8, 4) is 0 Å². The van der Waals surface area contributed by atoms with Crippen LogP contribution in [0.25, 0.3) is 0 Å². The Kier molecular flexibility index (Phi) is 15.9. The number of hydrogen-bond donors (Lipinski definition) is 1. The number of hydrogen-bond acceptors (Lipinski definition) is 1. The average Bonchev–Trinajstić information content (AvgIpc) is 2.39. The Labute approximate surface area is 123 Å². The molecule has 0 aromatic heterocycles. The van der Waals surface area contributed by atoms with Gasteiger partial charge in [-0.1, -0.05) is 87.1 Å². The van der Waals surface area contributed by atoms with Crippen molar-refractivity contribution in [2.45, 2.75) is 84.0 Å². The molecule has 1 unspecified atom stereocenters. The highest BCUT2D eigenvalue weighted by Crippen LogP contribution is 2.14. The third kappa shape index (κ3) is 14.5. The summed E-state index contributed by atoms with van der Waals surface area (Å²) in [6, 6.07) is 0. The third-order valence-electron chi connectivity index (χ3n) is 3.62. The molecule has 0 aromatic rings. The molecule has 2 heteroatoms. The second kappa shape index (κ2) is 15.5. The minimum absolute atomic E-state index is 0.369. The van der Waals surface area contributed by atoms with Crippen molar-refractivity contribution in [2.75, 3.05) is 11.9 Å². The molecule has 0 aliphatic carbocycles. The summed E-state index contributed by atoms with van der Waals surface area (Å²) >= 11 is 3.53. The van der Waals surface area contributed by atoms with E-state index in [0.717, 1.165) is 17.7 Å². The fraction of sp³-hybridized carbons (Fsp3) is 1.00. The molecule has 0 aliphatic rings. The van der Waals surface area contributed by atoms with E-state index in [2.05, 4.69) is 22.9 Å². The van der Waals surface area contributed by atoms with Crippen LogP contribution in [0.4, 0.5) is 0 Å². The van der Waals surface area contributed by atoms with Gasteiger partial charge in [0.05, 0.1) is 0 Å². The van der Waals surface area contributed by atoms with E-state index in [1.165, 1.54) is 70.6 Å². The third-order valence-corrected chi connectivity index (χ3v) is 4.72. The minimum Gasteiger partial charge on any atom is -0.396 e. The molecule has 0 radical (unpaired) electrons. The molecule has 0 saturated carbocycles. The number of rotatable bonds is 14. The molecule has 0 spiro atoms. The van der Waals surface area contributed by atoms with E-state index in [0.29, 0.717) is 6.61 Å². The van der Waals surface area contributed by atoms with E-state index in [1.807, 2.05) is 0 Å². The van der Waals surface area contributed by atoms with Gasteiger partial charge in [0, 0.05) is 11.9 Å². The van der Waals surface area contributed by atoms with Gasteiger partial charge < -0.3 is 5.11 Å². The van der Waals surface area contributed by atoms with Crippen LogP contribution in [0, 0.1) is 5.92 Å². The van der Waals surface area contributed by atoms with Crippen molar-refractivity contribution in [1.82, 2.24) is 0 Å². The normalized spacial score (nSPS) is 12.8. The van der Waals surface area contributed by atoms with Gasteiger partial charge in [0.2, 0.25) is 0 Å².